The smallest absolute Gasteiger partial charge is 0.184 e. The minimum absolute atomic E-state index is 0.215. The van der Waals surface area contributed by atoms with Gasteiger partial charge in [-0.15, -0.1) is 0 Å². The Morgan fingerprint density at radius 1 is 1.57 bits per heavy atom. The second kappa shape index (κ2) is 4.09. The minimum atomic E-state index is 0.215. The highest BCUT2D eigenvalue weighted by Crippen LogP contribution is 2.33. The van der Waals surface area contributed by atoms with Crippen LogP contribution in [0.2, 0.25) is 0 Å². The average Bonchev–Trinajstić information content (AvgIpc) is 1.96. The molecule has 0 amide bonds. The van der Waals surface area contributed by atoms with E-state index in [0.717, 1.165) is 18.6 Å². The third-order valence-electron chi connectivity index (χ3n) is 2.14. The number of nitrogens with two attached hydrogens (primary N) is 1. The molecule has 4 heteroatoms. The largest absolute Gasteiger partial charge is 0.375 e. The normalized spacial score (nSPS) is 23.1. The van der Waals surface area contributed by atoms with Crippen molar-refractivity contribution in [2.24, 2.45) is 16.3 Å². The first-order chi connectivity index (χ1) is 6.39. The van der Waals surface area contributed by atoms with E-state index in [4.69, 9.17) is 5.73 Å². The third kappa shape index (κ3) is 3.46. The monoisotopic (exact) mass is 211 g/mol. The molecular weight excluding hydrogens is 194 g/mol. The quantitative estimate of drug-likeness (QED) is 0.515. The number of hydrogen-bond acceptors (Lipinski definition) is 2. The van der Waals surface area contributed by atoms with Gasteiger partial charge in [0.1, 0.15) is 0 Å². The summed E-state index contributed by atoms with van der Waals surface area (Å²) in [6.07, 6.45) is 4.18. The molecule has 1 aliphatic rings. The molecule has 3 N–H and O–H groups in total. The molecule has 1 rings (SSSR count). The fourth-order valence-corrected chi connectivity index (χ4v) is 1.94. The fourth-order valence-electron chi connectivity index (χ4n) is 1.89. The summed E-state index contributed by atoms with van der Waals surface area (Å²) in [5.41, 5.74) is 10.6. The van der Waals surface area contributed by atoms with E-state index >= 15 is 0 Å². The zero-order valence-electron chi connectivity index (χ0n) is 8.92. The second-order valence-electron chi connectivity index (χ2n) is 4.59. The summed E-state index contributed by atoms with van der Waals surface area (Å²) in [5, 5.41) is 4.37. The topological polar surface area (TPSA) is 50.4 Å². The minimum Gasteiger partial charge on any atom is -0.375 e. The fraction of sp³-hybridized carbons (Fsp3) is 0.600. The van der Waals surface area contributed by atoms with E-state index in [-0.39, 0.29) is 10.5 Å². The maximum Gasteiger partial charge on any atom is 0.184 e. The number of nitrogens with one attached hydrogen (secondary N) is 1. The van der Waals surface area contributed by atoms with Crippen molar-refractivity contribution in [3.8, 4) is 0 Å². The van der Waals surface area contributed by atoms with Gasteiger partial charge in [0, 0.05) is 0 Å². The molecule has 0 aliphatic heterocycles. The molecule has 3 nitrogen and oxygen atoms in total. The average molecular weight is 211 g/mol. The number of rotatable bonds is 1. The van der Waals surface area contributed by atoms with Gasteiger partial charge in [-0.2, -0.15) is 5.10 Å². The van der Waals surface area contributed by atoms with Crippen LogP contribution in [0.25, 0.3) is 0 Å². The maximum absolute atomic E-state index is 5.30. The molecule has 0 aromatic heterocycles. The van der Waals surface area contributed by atoms with Crippen molar-refractivity contribution in [2.45, 2.75) is 33.6 Å². The summed E-state index contributed by atoms with van der Waals surface area (Å²) in [6, 6.07) is 0. The second-order valence-corrected chi connectivity index (χ2v) is 5.03. The van der Waals surface area contributed by atoms with Crippen LogP contribution in [-0.4, -0.2) is 10.8 Å². The van der Waals surface area contributed by atoms with Gasteiger partial charge in [0.15, 0.2) is 5.11 Å². The molecule has 0 fully saturated rings. The molecule has 0 saturated carbocycles. The van der Waals surface area contributed by atoms with Gasteiger partial charge in [-0.1, -0.05) is 19.4 Å². The van der Waals surface area contributed by atoms with Crippen LogP contribution in [0.4, 0.5) is 0 Å². The molecule has 0 bridgehead atoms. The molecule has 0 spiro atoms. The number of thiocarbonyl (C=S) groups is 1. The molecule has 0 radical (unpaired) electrons. The predicted molar refractivity (Wildman–Crippen MR) is 64.1 cm³/mol. The summed E-state index contributed by atoms with van der Waals surface area (Å²) in [4.78, 5) is 0. The van der Waals surface area contributed by atoms with Crippen LogP contribution < -0.4 is 11.2 Å². The van der Waals surface area contributed by atoms with E-state index in [2.05, 4.69) is 49.6 Å². The zero-order valence-corrected chi connectivity index (χ0v) is 9.74. The molecule has 1 aliphatic carbocycles. The summed E-state index contributed by atoms with van der Waals surface area (Å²) in [6.45, 7) is 6.59. The van der Waals surface area contributed by atoms with Gasteiger partial charge in [-0.25, -0.2) is 0 Å². The Bertz CT molecular complexity index is 302. The highest BCUT2D eigenvalue weighted by Gasteiger charge is 2.24. The number of allylic oxidation sites excluding steroid dienone is 2. The lowest BCUT2D eigenvalue weighted by Gasteiger charge is -2.29. The van der Waals surface area contributed by atoms with Gasteiger partial charge in [0.05, 0.1) is 5.71 Å². The van der Waals surface area contributed by atoms with Crippen molar-refractivity contribution in [2.75, 3.05) is 0 Å². The predicted octanol–water partition coefficient (Wildman–Crippen LogP) is 1.94. The van der Waals surface area contributed by atoms with Gasteiger partial charge >= 0.3 is 0 Å². The van der Waals surface area contributed by atoms with Crippen molar-refractivity contribution >= 4 is 23.0 Å². The summed E-state index contributed by atoms with van der Waals surface area (Å²) >= 11 is 4.69. The first-order valence-electron chi connectivity index (χ1n) is 4.68. The van der Waals surface area contributed by atoms with Crippen LogP contribution in [0.5, 0.6) is 0 Å². The Hall–Kier alpha value is -0.900. The number of hydrazone groups is 1. The summed E-state index contributed by atoms with van der Waals surface area (Å²) < 4.78 is 0. The molecule has 0 saturated heterocycles. The van der Waals surface area contributed by atoms with Crippen LogP contribution in [0, 0.1) is 5.41 Å². The summed E-state index contributed by atoms with van der Waals surface area (Å²) in [7, 11) is 0. The first-order valence-corrected chi connectivity index (χ1v) is 5.09. The van der Waals surface area contributed by atoms with Crippen molar-refractivity contribution < 1.29 is 0 Å². The van der Waals surface area contributed by atoms with Gasteiger partial charge in [-0.05, 0) is 43.5 Å². The first kappa shape index (κ1) is 11.2. The van der Waals surface area contributed by atoms with E-state index in [1.165, 1.54) is 5.57 Å². The molecule has 0 heterocycles. The standard InChI is InChI=1S/C10H17N3S/c1-7-4-8(12-13-9(11)14)6-10(2,3)5-7/h4H,5-6H2,1-3H3,(H3,11,13,14)/b12-8-. The molecule has 0 aromatic carbocycles. The van der Waals surface area contributed by atoms with Crippen molar-refractivity contribution in [1.82, 2.24) is 5.43 Å². The Kier molecular flexibility index (Phi) is 3.26. The molecule has 14 heavy (non-hydrogen) atoms. The van der Waals surface area contributed by atoms with E-state index < -0.39 is 0 Å². The SMILES string of the molecule is CC1=C/C(=N/NC(N)=S)CC(C)(C)C1. The van der Waals surface area contributed by atoms with Crippen molar-refractivity contribution in [3.05, 3.63) is 11.6 Å². The Labute approximate surface area is 90.4 Å². The lowest BCUT2D eigenvalue weighted by atomic mass is 9.77. The van der Waals surface area contributed by atoms with Gasteiger partial charge in [0.25, 0.3) is 0 Å². The lowest BCUT2D eigenvalue weighted by Crippen LogP contribution is -2.28. The van der Waals surface area contributed by atoms with E-state index in [1.807, 2.05) is 0 Å². The van der Waals surface area contributed by atoms with Crippen molar-refractivity contribution in [1.29, 1.82) is 0 Å². The summed E-state index contributed by atoms with van der Waals surface area (Å²) in [5.74, 6) is 0. The molecular formula is C10H17N3S. The van der Waals surface area contributed by atoms with E-state index in [0.29, 0.717) is 0 Å². The highest BCUT2D eigenvalue weighted by atomic mass is 32.1. The van der Waals surface area contributed by atoms with Gasteiger partial charge in [0.2, 0.25) is 0 Å². The molecule has 78 valence electrons. The number of nitrogens with zero attached hydrogens (tertiary/aromatic N) is 1. The molecule has 0 aromatic rings. The number of hydrogen-bond donors (Lipinski definition) is 2. The maximum atomic E-state index is 5.30. The molecule has 0 unspecified atom stereocenters. The Morgan fingerprint density at radius 2 is 2.21 bits per heavy atom. The van der Waals surface area contributed by atoms with Crippen LogP contribution in [0.3, 0.4) is 0 Å². The highest BCUT2D eigenvalue weighted by molar-refractivity contribution is 7.80. The van der Waals surface area contributed by atoms with E-state index in [1.54, 1.807) is 0 Å². The molecule has 0 atom stereocenters. The third-order valence-corrected chi connectivity index (χ3v) is 2.23. The van der Waals surface area contributed by atoms with Crippen LogP contribution in [0.15, 0.2) is 16.8 Å². The Balaban J connectivity index is 2.76. The van der Waals surface area contributed by atoms with Crippen LogP contribution >= 0.6 is 12.2 Å². The Morgan fingerprint density at radius 3 is 2.71 bits per heavy atom. The van der Waals surface area contributed by atoms with Gasteiger partial charge in [-0.3, -0.25) is 5.43 Å². The van der Waals surface area contributed by atoms with Crippen molar-refractivity contribution in [3.63, 3.8) is 0 Å². The van der Waals surface area contributed by atoms with E-state index in [9.17, 15) is 0 Å². The lowest BCUT2D eigenvalue weighted by molar-refractivity contribution is 0.373. The van der Waals surface area contributed by atoms with Gasteiger partial charge < -0.3 is 5.73 Å². The zero-order chi connectivity index (χ0) is 10.8. The van der Waals surface area contributed by atoms with Crippen LogP contribution in [-0.2, 0) is 0 Å². The van der Waals surface area contributed by atoms with Crippen LogP contribution in [0.1, 0.15) is 33.6 Å².